The predicted molar refractivity (Wildman–Crippen MR) is 50.2 cm³/mol. The fourth-order valence-electron chi connectivity index (χ4n) is 2.24. The van der Waals surface area contributed by atoms with Crippen LogP contribution in [0.5, 0.6) is 0 Å². The molecule has 1 aliphatic heterocycles. The van der Waals surface area contributed by atoms with Gasteiger partial charge in [-0.1, -0.05) is 12.8 Å². The van der Waals surface area contributed by atoms with Crippen molar-refractivity contribution < 1.29 is 0 Å². The summed E-state index contributed by atoms with van der Waals surface area (Å²) in [5, 5.41) is 3.34. The number of nitrogens with one attached hydrogen (secondary N) is 1. The Labute approximate surface area is 73.4 Å². The van der Waals surface area contributed by atoms with Gasteiger partial charge < -0.3 is 11.1 Å². The number of rotatable bonds is 0. The molecule has 0 aromatic carbocycles. The summed E-state index contributed by atoms with van der Waals surface area (Å²) in [4.78, 5) is 4.53. The highest BCUT2D eigenvalue weighted by Crippen LogP contribution is 2.27. The Morgan fingerprint density at radius 2 is 2.17 bits per heavy atom. The van der Waals surface area contributed by atoms with Gasteiger partial charge in [0.05, 0.1) is 12.6 Å². The summed E-state index contributed by atoms with van der Waals surface area (Å²) >= 11 is 0. The fraction of sp³-hybridized carbons (Fsp3) is 0.889. The molecule has 0 saturated heterocycles. The van der Waals surface area contributed by atoms with Crippen molar-refractivity contribution in [2.24, 2.45) is 16.6 Å². The zero-order valence-electron chi connectivity index (χ0n) is 7.42. The Morgan fingerprint density at radius 3 is 3.08 bits per heavy atom. The van der Waals surface area contributed by atoms with Crippen LogP contribution in [0.3, 0.4) is 0 Å². The second-order valence-corrected chi connectivity index (χ2v) is 3.86. The molecule has 3 nitrogen and oxygen atoms in total. The molecular formula is C9H17N3. The molecule has 0 amide bonds. The van der Waals surface area contributed by atoms with E-state index in [4.69, 9.17) is 5.73 Å². The van der Waals surface area contributed by atoms with Crippen molar-refractivity contribution in [3.8, 4) is 0 Å². The van der Waals surface area contributed by atoms with E-state index < -0.39 is 0 Å². The highest BCUT2D eigenvalue weighted by molar-refractivity contribution is 5.82. The lowest BCUT2D eigenvalue weighted by Crippen LogP contribution is -2.31. The van der Waals surface area contributed by atoms with Crippen LogP contribution in [-0.4, -0.2) is 25.0 Å². The van der Waals surface area contributed by atoms with Gasteiger partial charge in [0, 0.05) is 6.54 Å². The minimum atomic E-state index is 0.522. The topological polar surface area (TPSA) is 50.4 Å². The molecule has 1 fully saturated rings. The van der Waals surface area contributed by atoms with Gasteiger partial charge in [0.25, 0.3) is 0 Å². The highest BCUT2D eigenvalue weighted by Gasteiger charge is 2.25. The third-order valence-electron chi connectivity index (χ3n) is 2.91. The minimum absolute atomic E-state index is 0.522. The molecule has 2 atom stereocenters. The molecule has 3 heteroatoms. The third-order valence-corrected chi connectivity index (χ3v) is 2.91. The largest absolute Gasteiger partial charge is 0.386 e. The number of amidine groups is 1. The molecule has 1 heterocycles. The maximum atomic E-state index is 5.73. The number of hydrogen-bond donors (Lipinski definition) is 2. The van der Waals surface area contributed by atoms with Crippen LogP contribution in [0.25, 0.3) is 0 Å². The van der Waals surface area contributed by atoms with Gasteiger partial charge in [0.15, 0.2) is 0 Å². The van der Waals surface area contributed by atoms with Crippen LogP contribution < -0.4 is 11.1 Å². The van der Waals surface area contributed by atoms with Gasteiger partial charge in [-0.25, -0.2) is 0 Å². The van der Waals surface area contributed by atoms with Gasteiger partial charge in [0.2, 0.25) is 0 Å². The van der Waals surface area contributed by atoms with E-state index in [0.29, 0.717) is 6.04 Å². The average molecular weight is 167 g/mol. The number of nitrogens with two attached hydrogens (primary N) is 1. The minimum Gasteiger partial charge on any atom is -0.386 e. The number of fused-ring (bicyclic) bond motifs is 1. The second-order valence-electron chi connectivity index (χ2n) is 3.86. The van der Waals surface area contributed by atoms with Gasteiger partial charge in [-0.15, -0.1) is 0 Å². The first kappa shape index (κ1) is 8.05. The first-order valence-corrected chi connectivity index (χ1v) is 4.89. The van der Waals surface area contributed by atoms with E-state index >= 15 is 0 Å². The summed E-state index contributed by atoms with van der Waals surface area (Å²) in [6, 6.07) is 0.522. The summed E-state index contributed by atoms with van der Waals surface area (Å²) in [6.45, 7) is 1.89. The first-order chi connectivity index (χ1) is 5.86. The summed E-state index contributed by atoms with van der Waals surface area (Å²) in [5.74, 6) is 1.55. The Hall–Kier alpha value is -0.570. The summed E-state index contributed by atoms with van der Waals surface area (Å²) in [5.41, 5.74) is 5.73. The predicted octanol–water partition coefficient (Wildman–Crippen LogP) is 0.506. The molecule has 0 aromatic rings. The van der Waals surface area contributed by atoms with Crippen molar-refractivity contribution in [2.45, 2.75) is 31.7 Å². The summed E-state index contributed by atoms with van der Waals surface area (Å²) < 4.78 is 0. The molecule has 0 aromatic heterocycles. The molecule has 0 bridgehead atoms. The zero-order chi connectivity index (χ0) is 8.39. The van der Waals surface area contributed by atoms with Crippen LogP contribution in [-0.2, 0) is 0 Å². The summed E-state index contributed by atoms with van der Waals surface area (Å²) in [6.07, 6.45) is 5.28. The van der Waals surface area contributed by atoms with Gasteiger partial charge in [-0.3, -0.25) is 4.99 Å². The smallest absolute Gasteiger partial charge is 0.108 e. The van der Waals surface area contributed by atoms with Crippen molar-refractivity contribution in [3.05, 3.63) is 0 Å². The lowest BCUT2D eigenvalue weighted by molar-refractivity contribution is 0.308. The standard InChI is InChI=1S/C9H17N3/c10-9-6-11-5-7-3-1-2-4-8(7)12-9/h7-8,11H,1-6H2,(H2,10,12). The van der Waals surface area contributed by atoms with Crippen LogP contribution >= 0.6 is 0 Å². The molecule has 2 rings (SSSR count). The monoisotopic (exact) mass is 167 g/mol. The van der Waals surface area contributed by atoms with Crippen molar-refractivity contribution in [2.75, 3.05) is 13.1 Å². The summed E-state index contributed by atoms with van der Waals surface area (Å²) in [7, 11) is 0. The van der Waals surface area contributed by atoms with E-state index in [0.717, 1.165) is 24.8 Å². The molecule has 0 spiro atoms. The lowest BCUT2D eigenvalue weighted by atomic mass is 9.85. The SMILES string of the molecule is NC1=NC2CCCCC2CNC1. The maximum absolute atomic E-state index is 5.73. The normalized spacial score (nSPS) is 36.5. The fourth-order valence-corrected chi connectivity index (χ4v) is 2.24. The van der Waals surface area contributed by atoms with Gasteiger partial charge in [0.1, 0.15) is 5.84 Å². The second kappa shape index (κ2) is 3.44. The van der Waals surface area contributed by atoms with Crippen molar-refractivity contribution in [1.82, 2.24) is 5.32 Å². The van der Waals surface area contributed by atoms with Crippen LogP contribution in [0, 0.1) is 5.92 Å². The molecule has 2 aliphatic rings. The van der Waals surface area contributed by atoms with Gasteiger partial charge in [-0.05, 0) is 18.8 Å². The molecule has 1 aliphatic carbocycles. The van der Waals surface area contributed by atoms with Crippen LogP contribution in [0.15, 0.2) is 4.99 Å². The van der Waals surface area contributed by atoms with Crippen LogP contribution in [0.1, 0.15) is 25.7 Å². The highest BCUT2D eigenvalue weighted by atomic mass is 15.0. The van der Waals surface area contributed by atoms with Crippen LogP contribution in [0.2, 0.25) is 0 Å². The molecule has 1 saturated carbocycles. The van der Waals surface area contributed by atoms with Gasteiger partial charge >= 0.3 is 0 Å². The van der Waals surface area contributed by atoms with E-state index in [2.05, 4.69) is 10.3 Å². The number of hydrogen-bond acceptors (Lipinski definition) is 3. The first-order valence-electron chi connectivity index (χ1n) is 4.89. The van der Waals surface area contributed by atoms with E-state index in [1.807, 2.05) is 0 Å². The van der Waals surface area contributed by atoms with Crippen LogP contribution in [0.4, 0.5) is 0 Å². The maximum Gasteiger partial charge on any atom is 0.108 e. The molecule has 68 valence electrons. The van der Waals surface area contributed by atoms with E-state index in [9.17, 15) is 0 Å². The molecule has 3 N–H and O–H groups in total. The average Bonchev–Trinajstić information content (AvgIpc) is 2.25. The Morgan fingerprint density at radius 1 is 1.33 bits per heavy atom. The quantitative estimate of drug-likeness (QED) is 0.552. The van der Waals surface area contributed by atoms with E-state index in [1.165, 1.54) is 25.7 Å². The van der Waals surface area contributed by atoms with E-state index in [1.54, 1.807) is 0 Å². The molecular weight excluding hydrogens is 150 g/mol. The molecule has 2 unspecified atom stereocenters. The lowest BCUT2D eigenvalue weighted by Gasteiger charge is -2.26. The molecule has 12 heavy (non-hydrogen) atoms. The Kier molecular flexibility index (Phi) is 2.30. The Balaban J connectivity index is 2.08. The van der Waals surface area contributed by atoms with Crippen molar-refractivity contribution in [1.29, 1.82) is 0 Å². The zero-order valence-corrected chi connectivity index (χ0v) is 7.42. The van der Waals surface area contributed by atoms with E-state index in [-0.39, 0.29) is 0 Å². The Bertz CT molecular complexity index is 188. The van der Waals surface area contributed by atoms with Crippen molar-refractivity contribution in [3.63, 3.8) is 0 Å². The molecule has 0 radical (unpaired) electrons. The number of nitrogens with zero attached hydrogens (tertiary/aromatic N) is 1. The third kappa shape index (κ3) is 1.61. The van der Waals surface area contributed by atoms with Gasteiger partial charge in [-0.2, -0.15) is 0 Å². The van der Waals surface area contributed by atoms with Crippen molar-refractivity contribution >= 4 is 5.84 Å². The number of aliphatic imine (C=N–C) groups is 1.